The second-order valence-corrected chi connectivity index (χ2v) is 9.19. The number of aryl methyl sites for hydroxylation is 1. The normalized spacial score (nSPS) is 15.7. The number of benzene rings is 2. The van der Waals surface area contributed by atoms with Crippen LogP contribution in [0.1, 0.15) is 29.5 Å². The van der Waals surface area contributed by atoms with Crippen LogP contribution >= 0.6 is 0 Å². The van der Waals surface area contributed by atoms with Crippen molar-refractivity contribution in [2.45, 2.75) is 38.3 Å². The van der Waals surface area contributed by atoms with Crippen LogP contribution in [-0.2, 0) is 43.2 Å². The lowest BCUT2D eigenvalue weighted by molar-refractivity contribution is -0.146. The summed E-state index contributed by atoms with van der Waals surface area (Å²) in [5, 5.41) is 12.3. The van der Waals surface area contributed by atoms with E-state index in [0.717, 1.165) is 44.0 Å². The number of carbonyl (C=O) groups excluding carboxylic acids is 2. The van der Waals surface area contributed by atoms with Gasteiger partial charge in [-0.05, 0) is 29.5 Å². The van der Waals surface area contributed by atoms with E-state index in [1.807, 2.05) is 54.6 Å². The highest BCUT2D eigenvalue weighted by Crippen LogP contribution is 2.14. The molecule has 1 aliphatic heterocycles. The summed E-state index contributed by atoms with van der Waals surface area (Å²) in [6, 6.07) is 16.9. The van der Waals surface area contributed by atoms with Gasteiger partial charge < -0.3 is 19.9 Å². The minimum Gasteiger partial charge on any atom is -0.481 e. The summed E-state index contributed by atoms with van der Waals surface area (Å²) in [5.74, 6) is -2.60. The van der Waals surface area contributed by atoms with Crippen LogP contribution in [0.2, 0.25) is 0 Å². The van der Waals surface area contributed by atoms with Crippen LogP contribution in [0, 0.1) is 5.92 Å². The number of nitrogens with zero attached hydrogens (tertiary/aromatic N) is 1. The molecule has 2 N–H and O–H groups in total. The molecular formula is C28H36N2O6. The summed E-state index contributed by atoms with van der Waals surface area (Å²) in [6.45, 7) is 4.11. The average molecular weight is 497 g/mol. The average Bonchev–Trinajstić information content (AvgIpc) is 2.88. The van der Waals surface area contributed by atoms with Gasteiger partial charge in [-0.3, -0.25) is 19.3 Å². The second-order valence-electron chi connectivity index (χ2n) is 9.19. The van der Waals surface area contributed by atoms with Crippen LogP contribution in [0.15, 0.2) is 54.6 Å². The number of carbonyl (C=O) groups is 3. The Kier molecular flexibility index (Phi) is 11.1. The number of amides is 1. The van der Waals surface area contributed by atoms with Crippen LogP contribution in [-0.4, -0.2) is 73.7 Å². The highest BCUT2D eigenvalue weighted by Gasteiger charge is 2.27. The van der Waals surface area contributed by atoms with Crippen LogP contribution in [0.3, 0.4) is 0 Å². The molecule has 0 aliphatic carbocycles. The number of ether oxygens (including phenoxy) is 2. The maximum atomic E-state index is 13.0. The standard InChI is InChI=1S/C28H36N2O6/c1-35-20-24(28(33)34)18-26(31)25(12-11-21-5-3-2-4-6-21)29-27(32)17-22-7-9-23(10-8-22)19-30-13-15-36-16-14-30/h2-10,24-25H,11-20H2,1H3,(H,29,32)(H,33,34)/t24-,25-/m0/s1. The molecule has 1 heterocycles. The van der Waals surface area contributed by atoms with Crippen molar-refractivity contribution in [3.8, 4) is 0 Å². The molecule has 2 atom stereocenters. The van der Waals surface area contributed by atoms with E-state index in [-0.39, 0.29) is 31.1 Å². The number of hydrogen-bond acceptors (Lipinski definition) is 6. The minimum atomic E-state index is -1.09. The van der Waals surface area contributed by atoms with E-state index in [4.69, 9.17) is 9.47 Å². The Balaban J connectivity index is 1.59. The van der Waals surface area contributed by atoms with Crippen LogP contribution in [0.4, 0.5) is 0 Å². The molecular weight excluding hydrogens is 460 g/mol. The predicted molar refractivity (Wildman–Crippen MR) is 136 cm³/mol. The topological polar surface area (TPSA) is 105 Å². The number of ketones is 1. The molecule has 0 saturated carbocycles. The van der Waals surface area contributed by atoms with E-state index in [2.05, 4.69) is 10.2 Å². The molecule has 0 bridgehead atoms. The van der Waals surface area contributed by atoms with Gasteiger partial charge in [0.05, 0.1) is 38.2 Å². The van der Waals surface area contributed by atoms with E-state index in [1.165, 1.54) is 12.7 Å². The monoisotopic (exact) mass is 496 g/mol. The van der Waals surface area contributed by atoms with E-state index in [9.17, 15) is 19.5 Å². The van der Waals surface area contributed by atoms with E-state index in [0.29, 0.717) is 12.8 Å². The van der Waals surface area contributed by atoms with Crippen molar-refractivity contribution in [3.05, 3.63) is 71.3 Å². The fourth-order valence-corrected chi connectivity index (χ4v) is 4.28. The van der Waals surface area contributed by atoms with Gasteiger partial charge in [0, 0.05) is 33.2 Å². The van der Waals surface area contributed by atoms with Crippen molar-refractivity contribution >= 4 is 17.7 Å². The van der Waals surface area contributed by atoms with Gasteiger partial charge in [0.1, 0.15) is 0 Å². The van der Waals surface area contributed by atoms with Crippen molar-refractivity contribution in [1.82, 2.24) is 10.2 Å². The lowest BCUT2D eigenvalue weighted by Gasteiger charge is -2.26. The number of rotatable bonds is 14. The SMILES string of the molecule is COC[C@H](CC(=O)[C@H](CCc1ccccc1)NC(=O)Cc1ccc(CN2CCOCC2)cc1)C(=O)O. The van der Waals surface area contributed by atoms with Gasteiger partial charge in [-0.2, -0.15) is 0 Å². The van der Waals surface area contributed by atoms with Gasteiger partial charge in [0.25, 0.3) is 0 Å². The molecule has 8 heteroatoms. The first-order chi connectivity index (χ1) is 17.4. The zero-order valence-electron chi connectivity index (χ0n) is 20.9. The van der Waals surface area contributed by atoms with Gasteiger partial charge in [-0.1, -0.05) is 54.6 Å². The maximum absolute atomic E-state index is 13.0. The lowest BCUT2D eigenvalue weighted by atomic mass is 9.95. The highest BCUT2D eigenvalue weighted by molar-refractivity contribution is 5.91. The Labute approximate surface area is 212 Å². The van der Waals surface area contributed by atoms with Crippen LogP contribution < -0.4 is 5.32 Å². The number of Topliss-reactive ketones (excluding diaryl/α,β-unsaturated/α-hetero) is 1. The second kappa shape index (κ2) is 14.5. The zero-order chi connectivity index (χ0) is 25.8. The molecule has 0 radical (unpaired) electrons. The van der Waals surface area contributed by atoms with Crippen molar-refractivity contribution < 1.29 is 29.0 Å². The van der Waals surface area contributed by atoms with Crippen molar-refractivity contribution in [3.63, 3.8) is 0 Å². The summed E-state index contributed by atoms with van der Waals surface area (Å²) >= 11 is 0. The molecule has 194 valence electrons. The van der Waals surface area contributed by atoms with Crippen molar-refractivity contribution in [2.24, 2.45) is 5.92 Å². The minimum absolute atomic E-state index is 0.0583. The molecule has 1 aliphatic rings. The molecule has 1 saturated heterocycles. The summed E-state index contributed by atoms with van der Waals surface area (Å²) in [6.07, 6.45) is 0.939. The molecule has 3 rings (SSSR count). The molecule has 8 nitrogen and oxygen atoms in total. The molecule has 1 fully saturated rings. The highest BCUT2D eigenvalue weighted by atomic mass is 16.5. The summed E-state index contributed by atoms with van der Waals surface area (Å²) in [7, 11) is 1.40. The Morgan fingerprint density at radius 3 is 2.31 bits per heavy atom. The van der Waals surface area contributed by atoms with Gasteiger partial charge in [-0.25, -0.2) is 0 Å². The predicted octanol–water partition coefficient (Wildman–Crippen LogP) is 2.49. The van der Waals surface area contributed by atoms with Crippen LogP contribution in [0.5, 0.6) is 0 Å². The maximum Gasteiger partial charge on any atom is 0.309 e. The number of carboxylic acids is 1. The smallest absolute Gasteiger partial charge is 0.309 e. The summed E-state index contributed by atoms with van der Waals surface area (Å²) < 4.78 is 10.4. The molecule has 1 amide bonds. The molecule has 0 spiro atoms. The number of methoxy groups -OCH3 is 1. The molecule has 36 heavy (non-hydrogen) atoms. The lowest BCUT2D eigenvalue weighted by Crippen LogP contribution is -2.43. The van der Waals surface area contributed by atoms with Crippen molar-refractivity contribution in [1.29, 1.82) is 0 Å². The van der Waals surface area contributed by atoms with Gasteiger partial charge in [-0.15, -0.1) is 0 Å². The Morgan fingerprint density at radius 2 is 1.67 bits per heavy atom. The molecule has 2 aromatic carbocycles. The Bertz CT molecular complexity index is 973. The fourth-order valence-electron chi connectivity index (χ4n) is 4.28. The Hall–Kier alpha value is -3.07. The van der Waals surface area contributed by atoms with E-state index >= 15 is 0 Å². The number of hydrogen-bond donors (Lipinski definition) is 2. The number of aliphatic carboxylic acids is 1. The number of nitrogens with one attached hydrogen (secondary N) is 1. The number of morpholine rings is 1. The zero-order valence-corrected chi connectivity index (χ0v) is 20.9. The third-order valence-corrected chi connectivity index (χ3v) is 6.35. The number of carboxylic acid groups (broad SMARTS) is 1. The fraction of sp³-hybridized carbons (Fsp3) is 0.464. The van der Waals surface area contributed by atoms with Crippen LogP contribution in [0.25, 0.3) is 0 Å². The summed E-state index contributed by atoms with van der Waals surface area (Å²) in [4.78, 5) is 39.7. The largest absolute Gasteiger partial charge is 0.481 e. The third kappa shape index (κ3) is 9.18. The van der Waals surface area contributed by atoms with Gasteiger partial charge in [0.15, 0.2) is 5.78 Å². The van der Waals surface area contributed by atoms with E-state index in [1.54, 1.807) is 0 Å². The first-order valence-electron chi connectivity index (χ1n) is 12.4. The quantitative estimate of drug-likeness (QED) is 0.414. The third-order valence-electron chi connectivity index (χ3n) is 6.35. The van der Waals surface area contributed by atoms with Gasteiger partial charge in [0.2, 0.25) is 5.91 Å². The molecule has 0 unspecified atom stereocenters. The summed E-state index contributed by atoms with van der Waals surface area (Å²) in [5.41, 5.74) is 3.08. The van der Waals surface area contributed by atoms with Crippen molar-refractivity contribution in [2.75, 3.05) is 40.0 Å². The first kappa shape index (κ1) is 27.5. The molecule has 0 aromatic heterocycles. The Morgan fingerprint density at radius 1 is 1.00 bits per heavy atom. The van der Waals surface area contributed by atoms with Gasteiger partial charge >= 0.3 is 5.97 Å². The first-order valence-corrected chi connectivity index (χ1v) is 12.4. The molecule has 2 aromatic rings. The van der Waals surface area contributed by atoms with E-state index < -0.39 is 17.9 Å².